The molecule has 0 saturated heterocycles. The fraction of sp³-hybridized carbons (Fsp3) is 0.333. The van der Waals surface area contributed by atoms with Gasteiger partial charge in [-0.3, -0.25) is 0 Å². The number of thioether (sulfide) groups is 1. The van der Waals surface area contributed by atoms with Gasteiger partial charge >= 0.3 is 0 Å². The summed E-state index contributed by atoms with van der Waals surface area (Å²) < 4.78 is 0. The normalized spacial score (nSPS) is 15.8. The number of allylic oxidation sites excluding steroid dienone is 3. The second-order valence-electron chi connectivity index (χ2n) is 10.5. The standard InChI is InChI=1S/C33H36S/c1-17-19(3)25(9)31-29(21(17)5)23(7)24(8)30-22(6)18(2)20(4)26(10)32(30)33(31)15-16-34-28-14-12-11-13-27(28)33/h11-16H,1-10H3. The Hall–Kier alpha value is -2.51. The molecule has 5 rings (SSSR count). The van der Waals surface area contributed by atoms with E-state index in [1.807, 2.05) is 11.8 Å². The number of hydrogen-bond acceptors (Lipinski definition) is 1. The molecule has 174 valence electrons. The molecule has 0 bridgehead atoms. The summed E-state index contributed by atoms with van der Waals surface area (Å²) in [6, 6.07) is 9.09. The van der Waals surface area contributed by atoms with Gasteiger partial charge in [0.05, 0.1) is 5.41 Å². The van der Waals surface area contributed by atoms with Crippen LogP contribution in [-0.4, -0.2) is 0 Å². The van der Waals surface area contributed by atoms with Crippen molar-refractivity contribution in [2.24, 2.45) is 0 Å². The van der Waals surface area contributed by atoms with Crippen LogP contribution >= 0.6 is 11.8 Å². The van der Waals surface area contributed by atoms with Crippen LogP contribution in [0.3, 0.4) is 0 Å². The summed E-state index contributed by atoms with van der Waals surface area (Å²) in [5, 5.41) is 2.35. The first-order valence-electron chi connectivity index (χ1n) is 12.4. The number of hydrogen-bond donors (Lipinski definition) is 0. The van der Waals surface area contributed by atoms with Crippen molar-refractivity contribution in [2.45, 2.75) is 79.5 Å². The summed E-state index contributed by atoms with van der Waals surface area (Å²) >= 11 is 1.85. The van der Waals surface area contributed by atoms with E-state index in [1.165, 1.54) is 88.4 Å². The molecule has 0 saturated carbocycles. The van der Waals surface area contributed by atoms with Gasteiger partial charge in [0, 0.05) is 4.90 Å². The average molecular weight is 465 g/mol. The molecule has 1 heterocycles. The van der Waals surface area contributed by atoms with Gasteiger partial charge < -0.3 is 0 Å². The largest absolute Gasteiger partial charge is 0.0980 e. The molecular formula is C33H36S. The molecule has 0 unspecified atom stereocenters. The van der Waals surface area contributed by atoms with Crippen molar-refractivity contribution in [3.05, 3.63) is 108 Å². The van der Waals surface area contributed by atoms with Crippen LogP contribution in [-0.2, 0) is 5.41 Å². The molecule has 0 aromatic heterocycles. The highest BCUT2D eigenvalue weighted by atomic mass is 32.2. The van der Waals surface area contributed by atoms with E-state index in [-0.39, 0.29) is 5.41 Å². The summed E-state index contributed by atoms with van der Waals surface area (Å²) in [7, 11) is 0. The smallest absolute Gasteiger partial charge is 0.0668 e. The highest BCUT2D eigenvalue weighted by molar-refractivity contribution is 8.02. The first-order valence-corrected chi connectivity index (χ1v) is 13.3. The molecule has 2 aliphatic rings. The van der Waals surface area contributed by atoms with E-state index in [0.717, 1.165) is 0 Å². The van der Waals surface area contributed by atoms with E-state index in [2.05, 4.69) is 105 Å². The molecule has 0 amide bonds. The molecule has 0 atom stereocenters. The zero-order valence-electron chi connectivity index (χ0n) is 22.4. The predicted molar refractivity (Wildman–Crippen MR) is 150 cm³/mol. The summed E-state index contributed by atoms with van der Waals surface area (Å²) in [5.74, 6) is 0. The Morgan fingerprint density at radius 1 is 0.529 bits per heavy atom. The first-order chi connectivity index (χ1) is 16.1. The molecule has 1 aliphatic carbocycles. The Morgan fingerprint density at radius 3 is 1.47 bits per heavy atom. The van der Waals surface area contributed by atoms with Crippen LogP contribution in [0.4, 0.5) is 0 Å². The zero-order valence-corrected chi connectivity index (χ0v) is 23.2. The molecule has 0 radical (unpaired) electrons. The Balaban J connectivity index is 2.18. The van der Waals surface area contributed by atoms with Gasteiger partial charge in [-0.25, -0.2) is 0 Å². The van der Waals surface area contributed by atoms with E-state index in [0.29, 0.717) is 0 Å². The third kappa shape index (κ3) is 2.74. The predicted octanol–water partition coefficient (Wildman–Crippen LogP) is 9.37. The lowest BCUT2D eigenvalue weighted by molar-refractivity contribution is 0.733. The van der Waals surface area contributed by atoms with Crippen LogP contribution in [0.1, 0.15) is 86.2 Å². The number of rotatable bonds is 0. The van der Waals surface area contributed by atoms with Crippen LogP contribution in [0.5, 0.6) is 0 Å². The zero-order chi connectivity index (χ0) is 24.7. The van der Waals surface area contributed by atoms with Crippen molar-refractivity contribution in [3.8, 4) is 0 Å². The quantitative estimate of drug-likeness (QED) is 0.319. The number of fused-ring (bicyclic) bond motifs is 6. The van der Waals surface area contributed by atoms with Gasteiger partial charge in [-0.1, -0.05) is 36.0 Å². The topological polar surface area (TPSA) is 0 Å². The Morgan fingerprint density at radius 2 is 0.971 bits per heavy atom. The summed E-state index contributed by atoms with van der Waals surface area (Å²) in [5.41, 5.74) is 21.2. The van der Waals surface area contributed by atoms with Gasteiger partial charge in [-0.15, -0.1) is 0 Å². The molecule has 3 aromatic rings. The van der Waals surface area contributed by atoms with E-state index in [9.17, 15) is 0 Å². The highest BCUT2D eigenvalue weighted by Crippen LogP contribution is 2.57. The van der Waals surface area contributed by atoms with Gasteiger partial charge in [0.15, 0.2) is 0 Å². The Kier molecular flexibility index (Phi) is 5.30. The molecule has 1 heteroatoms. The highest BCUT2D eigenvalue weighted by Gasteiger charge is 2.46. The maximum absolute atomic E-state index is 2.52. The minimum atomic E-state index is -0.313. The summed E-state index contributed by atoms with van der Waals surface area (Å²) in [4.78, 5) is 1.37. The molecule has 1 spiro atoms. The van der Waals surface area contributed by atoms with Gasteiger partial charge in [-0.2, -0.15) is 0 Å². The SMILES string of the molecule is CC1=C(C)c2c(C)c(C)c(C)c(C)c2C2(C=CSc3ccccc32)c2c(C)c(C)c(C)c(C)c21. The molecule has 3 aromatic carbocycles. The van der Waals surface area contributed by atoms with Gasteiger partial charge in [0.25, 0.3) is 0 Å². The lowest BCUT2D eigenvalue weighted by Crippen LogP contribution is -2.33. The van der Waals surface area contributed by atoms with Crippen LogP contribution < -0.4 is 0 Å². The van der Waals surface area contributed by atoms with Crippen LogP contribution in [0, 0.1) is 55.4 Å². The maximum atomic E-state index is 2.52. The van der Waals surface area contributed by atoms with E-state index in [4.69, 9.17) is 0 Å². The van der Waals surface area contributed by atoms with Crippen LogP contribution in [0.25, 0.3) is 11.1 Å². The van der Waals surface area contributed by atoms with E-state index < -0.39 is 0 Å². The first kappa shape index (κ1) is 23.2. The van der Waals surface area contributed by atoms with Crippen molar-refractivity contribution in [3.63, 3.8) is 0 Å². The second kappa shape index (κ2) is 7.75. The van der Waals surface area contributed by atoms with Gasteiger partial charge in [0.2, 0.25) is 0 Å². The molecule has 0 N–H and O–H groups in total. The summed E-state index contributed by atoms with van der Waals surface area (Å²) in [6.45, 7) is 23.3. The average Bonchev–Trinajstić information content (AvgIpc) is 2.91. The van der Waals surface area contributed by atoms with Crippen LogP contribution in [0.2, 0.25) is 0 Å². The summed E-state index contributed by atoms with van der Waals surface area (Å²) in [6.07, 6.45) is 2.52. The Bertz CT molecular complexity index is 1380. The van der Waals surface area contributed by atoms with Crippen LogP contribution in [0.15, 0.2) is 40.6 Å². The number of benzene rings is 3. The minimum absolute atomic E-state index is 0.313. The lowest BCUT2D eigenvalue weighted by atomic mass is 9.62. The molecule has 0 nitrogen and oxygen atoms in total. The van der Waals surface area contributed by atoms with Gasteiger partial charge in [0.1, 0.15) is 0 Å². The Labute approximate surface area is 210 Å². The van der Waals surface area contributed by atoms with Crippen molar-refractivity contribution < 1.29 is 0 Å². The fourth-order valence-electron chi connectivity index (χ4n) is 6.68. The fourth-order valence-corrected chi connectivity index (χ4v) is 7.61. The lowest BCUT2D eigenvalue weighted by Gasteiger charge is -2.42. The molecule has 0 fully saturated rings. The van der Waals surface area contributed by atoms with E-state index in [1.54, 1.807) is 0 Å². The third-order valence-corrected chi connectivity index (χ3v) is 10.2. The van der Waals surface area contributed by atoms with Crippen molar-refractivity contribution in [1.29, 1.82) is 0 Å². The molecule has 34 heavy (non-hydrogen) atoms. The molecule has 1 aliphatic heterocycles. The molecular weight excluding hydrogens is 428 g/mol. The maximum Gasteiger partial charge on any atom is 0.0668 e. The van der Waals surface area contributed by atoms with Crippen molar-refractivity contribution >= 4 is 22.9 Å². The second-order valence-corrected chi connectivity index (χ2v) is 11.4. The van der Waals surface area contributed by atoms with Crippen molar-refractivity contribution in [2.75, 3.05) is 0 Å². The van der Waals surface area contributed by atoms with Crippen molar-refractivity contribution in [1.82, 2.24) is 0 Å². The monoisotopic (exact) mass is 464 g/mol. The minimum Gasteiger partial charge on any atom is -0.0980 e. The third-order valence-electron chi connectivity index (χ3n) is 9.30. The van der Waals surface area contributed by atoms with E-state index >= 15 is 0 Å². The van der Waals surface area contributed by atoms with Gasteiger partial charge in [-0.05, 0) is 164 Å².